The third kappa shape index (κ3) is 3.96. The molecule has 0 atom stereocenters. The van der Waals surface area contributed by atoms with Gasteiger partial charge in [0, 0.05) is 12.1 Å². The van der Waals surface area contributed by atoms with Crippen molar-refractivity contribution in [3.8, 4) is 11.5 Å². The van der Waals surface area contributed by atoms with Gasteiger partial charge in [0.05, 0.1) is 0 Å². The fraction of sp³-hybridized carbons (Fsp3) is 0.533. The summed E-state index contributed by atoms with van der Waals surface area (Å²) in [5.74, 6) is 1.52. The smallest absolute Gasteiger partial charge is 0.167 e. The summed E-state index contributed by atoms with van der Waals surface area (Å²) in [6.07, 6.45) is 2.35. The lowest BCUT2D eigenvalue weighted by molar-refractivity contribution is -0.118. The molecule has 1 aromatic carbocycles. The van der Waals surface area contributed by atoms with Crippen LogP contribution in [0.3, 0.4) is 0 Å². The number of carbonyl (C=O) groups is 1. The molecule has 0 aliphatic heterocycles. The van der Waals surface area contributed by atoms with Crippen LogP contribution in [-0.4, -0.2) is 31.6 Å². The van der Waals surface area contributed by atoms with Crippen molar-refractivity contribution in [3.05, 3.63) is 23.8 Å². The Morgan fingerprint density at radius 2 is 2.00 bits per heavy atom. The summed E-state index contributed by atoms with van der Waals surface area (Å²) in [5, 5.41) is 3.23. The topological polar surface area (TPSA) is 47.6 Å². The van der Waals surface area contributed by atoms with E-state index in [1.165, 1.54) is 6.92 Å². The third-order valence-electron chi connectivity index (χ3n) is 3.27. The van der Waals surface area contributed by atoms with Crippen molar-refractivity contribution in [1.29, 1.82) is 0 Å². The number of hydrogen-bond donors (Lipinski definition) is 1. The highest BCUT2D eigenvalue weighted by molar-refractivity contribution is 5.77. The van der Waals surface area contributed by atoms with Crippen LogP contribution in [0.2, 0.25) is 0 Å². The predicted molar refractivity (Wildman–Crippen MR) is 73.9 cm³/mol. The van der Waals surface area contributed by atoms with Gasteiger partial charge in [-0.05, 0) is 51.4 Å². The zero-order valence-electron chi connectivity index (χ0n) is 11.7. The fourth-order valence-corrected chi connectivity index (χ4v) is 2.14. The minimum absolute atomic E-state index is 0.0137. The second kappa shape index (κ2) is 6.06. The summed E-state index contributed by atoms with van der Waals surface area (Å²) >= 11 is 0. The molecular formula is C15H21NO3. The first-order valence-corrected chi connectivity index (χ1v) is 6.64. The van der Waals surface area contributed by atoms with Crippen molar-refractivity contribution in [2.24, 2.45) is 0 Å². The molecule has 0 amide bonds. The molecular weight excluding hydrogens is 242 g/mol. The second-order valence-electron chi connectivity index (χ2n) is 5.17. The van der Waals surface area contributed by atoms with Gasteiger partial charge in [-0.3, -0.25) is 4.79 Å². The van der Waals surface area contributed by atoms with Crippen LogP contribution >= 0.6 is 0 Å². The predicted octanol–water partition coefficient (Wildman–Crippen LogP) is 2.09. The lowest BCUT2D eigenvalue weighted by atomic mass is 9.89. The van der Waals surface area contributed by atoms with E-state index in [2.05, 4.69) is 5.32 Å². The maximum absolute atomic E-state index is 10.9. The van der Waals surface area contributed by atoms with Gasteiger partial charge in [0.15, 0.2) is 5.78 Å². The standard InChI is InChI=1S/C15H21NO3/c1-10-4-13(18-9-11(2)17)8-14(5-10)19-15-6-12(7-15)16-3/h4-5,8,12,15-16H,6-7,9H2,1-3H3/t12-,15+. The summed E-state index contributed by atoms with van der Waals surface area (Å²) in [7, 11) is 1.97. The van der Waals surface area contributed by atoms with E-state index in [1.807, 2.05) is 32.2 Å². The average Bonchev–Trinajstić information content (AvgIpc) is 2.30. The van der Waals surface area contributed by atoms with Crippen LogP contribution in [-0.2, 0) is 4.79 Å². The minimum atomic E-state index is 0.0137. The SMILES string of the molecule is CN[C@H]1C[C@@H](Oc2cc(C)cc(OCC(C)=O)c2)C1. The van der Waals surface area contributed by atoms with Crippen LogP contribution in [0, 0.1) is 6.92 Å². The zero-order chi connectivity index (χ0) is 13.8. The highest BCUT2D eigenvalue weighted by Crippen LogP contribution is 2.29. The Bertz CT molecular complexity index is 453. The highest BCUT2D eigenvalue weighted by atomic mass is 16.5. The van der Waals surface area contributed by atoms with Gasteiger partial charge >= 0.3 is 0 Å². The molecule has 1 fully saturated rings. The maximum atomic E-state index is 10.9. The van der Waals surface area contributed by atoms with Crippen LogP contribution < -0.4 is 14.8 Å². The molecule has 104 valence electrons. The van der Waals surface area contributed by atoms with Gasteiger partial charge in [-0.1, -0.05) is 0 Å². The van der Waals surface area contributed by atoms with E-state index in [9.17, 15) is 4.79 Å². The van der Waals surface area contributed by atoms with Crippen molar-refractivity contribution in [1.82, 2.24) is 5.32 Å². The number of ketones is 1. The highest BCUT2D eigenvalue weighted by Gasteiger charge is 2.29. The number of benzene rings is 1. The number of Topliss-reactive ketones (excluding diaryl/α,β-unsaturated/α-hetero) is 1. The van der Waals surface area contributed by atoms with Crippen LogP contribution in [0.1, 0.15) is 25.3 Å². The zero-order valence-corrected chi connectivity index (χ0v) is 11.7. The van der Waals surface area contributed by atoms with Gasteiger partial charge in [0.2, 0.25) is 0 Å². The number of nitrogens with one attached hydrogen (secondary N) is 1. The first kappa shape index (κ1) is 13.9. The molecule has 2 rings (SSSR count). The van der Waals surface area contributed by atoms with Crippen LogP contribution in [0.25, 0.3) is 0 Å². The molecule has 1 aliphatic rings. The second-order valence-corrected chi connectivity index (χ2v) is 5.17. The monoisotopic (exact) mass is 263 g/mol. The van der Waals surface area contributed by atoms with Crippen molar-refractivity contribution < 1.29 is 14.3 Å². The van der Waals surface area contributed by atoms with Crippen LogP contribution in [0.4, 0.5) is 0 Å². The van der Waals surface area contributed by atoms with E-state index in [0.29, 0.717) is 11.8 Å². The Kier molecular flexibility index (Phi) is 4.43. The maximum Gasteiger partial charge on any atom is 0.167 e. The Morgan fingerprint density at radius 1 is 1.32 bits per heavy atom. The lowest BCUT2D eigenvalue weighted by Gasteiger charge is -2.35. The molecule has 0 bridgehead atoms. The van der Waals surface area contributed by atoms with Gasteiger partial charge < -0.3 is 14.8 Å². The van der Waals surface area contributed by atoms with Gasteiger partial charge in [-0.2, -0.15) is 0 Å². The van der Waals surface area contributed by atoms with E-state index in [0.717, 1.165) is 24.2 Å². The largest absolute Gasteiger partial charge is 0.490 e. The molecule has 0 spiro atoms. The average molecular weight is 263 g/mol. The Balaban J connectivity index is 1.95. The van der Waals surface area contributed by atoms with Crippen molar-refractivity contribution in [2.75, 3.05) is 13.7 Å². The number of hydrogen-bond acceptors (Lipinski definition) is 4. The summed E-state index contributed by atoms with van der Waals surface area (Å²) in [6.45, 7) is 3.61. The van der Waals surface area contributed by atoms with Crippen molar-refractivity contribution in [3.63, 3.8) is 0 Å². The van der Waals surface area contributed by atoms with E-state index in [4.69, 9.17) is 9.47 Å². The van der Waals surface area contributed by atoms with Gasteiger partial charge in [0.1, 0.15) is 24.2 Å². The quantitative estimate of drug-likeness (QED) is 0.853. The normalized spacial score (nSPS) is 21.6. The summed E-state index contributed by atoms with van der Waals surface area (Å²) in [5.41, 5.74) is 1.07. The third-order valence-corrected chi connectivity index (χ3v) is 3.27. The Labute approximate surface area is 114 Å². The lowest BCUT2D eigenvalue weighted by Crippen LogP contribution is -2.45. The molecule has 1 N–H and O–H groups in total. The Morgan fingerprint density at radius 3 is 2.63 bits per heavy atom. The van der Waals surface area contributed by atoms with Crippen LogP contribution in [0.15, 0.2) is 18.2 Å². The van der Waals surface area contributed by atoms with E-state index >= 15 is 0 Å². The Hall–Kier alpha value is -1.55. The summed E-state index contributed by atoms with van der Waals surface area (Å²) in [4.78, 5) is 10.9. The number of rotatable bonds is 6. The van der Waals surface area contributed by atoms with E-state index in [-0.39, 0.29) is 18.5 Å². The first-order valence-electron chi connectivity index (χ1n) is 6.64. The number of ether oxygens (including phenoxy) is 2. The minimum Gasteiger partial charge on any atom is -0.490 e. The molecule has 19 heavy (non-hydrogen) atoms. The number of aryl methyl sites for hydroxylation is 1. The first-order chi connectivity index (χ1) is 9.06. The van der Waals surface area contributed by atoms with E-state index < -0.39 is 0 Å². The summed E-state index contributed by atoms with van der Waals surface area (Å²) < 4.78 is 11.3. The molecule has 0 heterocycles. The summed E-state index contributed by atoms with van der Waals surface area (Å²) in [6, 6.07) is 6.33. The van der Waals surface area contributed by atoms with Gasteiger partial charge in [0.25, 0.3) is 0 Å². The molecule has 0 radical (unpaired) electrons. The molecule has 0 unspecified atom stereocenters. The molecule has 4 heteroatoms. The molecule has 1 aliphatic carbocycles. The van der Waals surface area contributed by atoms with Crippen molar-refractivity contribution >= 4 is 5.78 Å². The fourth-order valence-electron chi connectivity index (χ4n) is 2.14. The molecule has 0 saturated heterocycles. The van der Waals surface area contributed by atoms with Crippen molar-refractivity contribution in [2.45, 2.75) is 38.8 Å². The van der Waals surface area contributed by atoms with Gasteiger partial charge in [-0.25, -0.2) is 0 Å². The molecule has 1 saturated carbocycles. The number of carbonyl (C=O) groups excluding carboxylic acids is 1. The van der Waals surface area contributed by atoms with Crippen LogP contribution in [0.5, 0.6) is 11.5 Å². The molecule has 1 aromatic rings. The van der Waals surface area contributed by atoms with E-state index in [1.54, 1.807) is 0 Å². The molecule has 4 nitrogen and oxygen atoms in total. The van der Waals surface area contributed by atoms with Gasteiger partial charge in [-0.15, -0.1) is 0 Å². The molecule has 0 aromatic heterocycles.